The zero-order chi connectivity index (χ0) is 22.0. The number of carbonyl (C=O) groups excluding carboxylic acids is 1. The first kappa shape index (κ1) is 23.1. The van der Waals surface area contributed by atoms with Crippen molar-refractivity contribution < 1.29 is 13.2 Å². The van der Waals surface area contributed by atoms with Crippen molar-refractivity contribution in [3.8, 4) is 0 Å². The smallest absolute Gasteiger partial charge is 0.238 e. The molecule has 29 heavy (non-hydrogen) atoms. The molecule has 0 aliphatic carbocycles. The molecular weight excluding hydrogens is 386 g/mol. The highest BCUT2D eigenvalue weighted by Gasteiger charge is 2.16. The first-order valence-electron chi connectivity index (χ1n) is 9.49. The van der Waals surface area contributed by atoms with Gasteiger partial charge in [-0.1, -0.05) is 45.0 Å². The minimum Gasteiger partial charge on any atom is -0.325 e. The van der Waals surface area contributed by atoms with E-state index in [0.717, 1.165) is 16.7 Å². The predicted molar refractivity (Wildman–Crippen MR) is 117 cm³/mol. The Labute approximate surface area is 174 Å². The van der Waals surface area contributed by atoms with Gasteiger partial charge < -0.3 is 5.32 Å². The van der Waals surface area contributed by atoms with Crippen LogP contribution in [0.2, 0.25) is 0 Å². The van der Waals surface area contributed by atoms with Gasteiger partial charge in [-0.15, -0.1) is 0 Å². The number of primary sulfonamides is 1. The highest BCUT2D eigenvalue weighted by molar-refractivity contribution is 7.89. The maximum Gasteiger partial charge on any atom is 0.238 e. The van der Waals surface area contributed by atoms with Gasteiger partial charge in [0, 0.05) is 12.2 Å². The normalized spacial score (nSPS) is 12.3. The van der Waals surface area contributed by atoms with Crippen molar-refractivity contribution in [2.75, 3.05) is 18.9 Å². The fourth-order valence-electron chi connectivity index (χ4n) is 3.03. The molecule has 0 bridgehead atoms. The lowest BCUT2D eigenvalue weighted by atomic mass is 9.87. The van der Waals surface area contributed by atoms with Crippen LogP contribution in [0, 0.1) is 13.8 Å². The van der Waals surface area contributed by atoms with E-state index in [1.807, 2.05) is 18.9 Å². The molecule has 0 spiro atoms. The van der Waals surface area contributed by atoms with Gasteiger partial charge in [0.05, 0.1) is 11.4 Å². The number of anilines is 1. The molecule has 2 aromatic rings. The van der Waals surface area contributed by atoms with E-state index >= 15 is 0 Å². The lowest BCUT2D eigenvalue weighted by molar-refractivity contribution is -0.117. The molecule has 0 saturated heterocycles. The van der Waals surface area contributed by atoms with E-state index in [1.165, 1.54) is 17.7 Å². The van der Waals surface area contributed by atoms with Crippen molar-refractivity contribution in [3.63, 3.8) is 0 Å². The molecule has 158 valence electrons. The molecule has 1 amide bonds. The molecule has 0 atom stereocenters. The topological polar surface area (TPSA) is 92.5 Å². The standard InChI is InChI=1S/C22H31N3O3S/c1-15-11-19(29(23,27)28)12-20(16(15)2)24-21(26)14-25(6)13-17-7-9-18(10-8-17)22(3,4)5/h7-12H,13-14H2,1-6H3,(H,24,26)(H2,23,27,28). The van der Waals surface area contributed by atoms with E-state index in [4.69, 9.17) is 5.14 Å². The van der Waals surface area contributed by atoms with Crippen LogP contribution in [0.25, 0.3) is 0 Å². The van der Waals surface area contributed by atoms with E-state index in [0.29, 0.717) is 12.2 Å². The summed E-state index contributed by atoms with van der Waals surface area (Å²) in [5.41, 5.74) is 4.51. The quantitative estimate of drug-likeness (QED) is 0.754. The third kappa shape index (κ3) is 6.39. The third-order valence-electron chi connectivity index (χ3n) is 4.93. The van der Waals surface area contributed by atoms with Gasteiger partial charge in [-0.25, -0.2) is 13.6 Å². The molecule has 2 rings (SSSR count). The first-order chi connectivity index (χ1) is 13.3. The summed E-state index contributed by atoms with van der Waals surface area (Å²) >= 11 is 0. The van der Waals surface area contributed by atoms with Crippen LogP contribution in [0.3, 0.4) is 0 Å². The van der Waals surface area contributed by atoms with Gasteiger partial charge in [-0.3, -0.25) is 9.69 Å². The summed E-state index contributed by atoms with van der Waals surface area (Å²) in [5.74, 6) is -0.215. The summed E-state index contributed by atoms with van der Waals surface area (Å²) in [6.45, 7) is 10.9. The second-order valence-electron chi connectivity index (χ2n) is 8.63. The zero-order valence-corrected chi connectivity index (χ0v) is 18.9. The van der Waals surface area contributed by atoms with Crippen LogP contribution in [0.5, 0.6) is 0 Å². The van der Waals surface area contributed by atoms with Crippen molar-refractivity contribution in [1.29, 1.82) is 0 Å². The number of nitrogens with one attached hydrogen (secondary N) is 1. The number of benzene rings is 2. The Bertz CT molecular complexity index is 991. The second-order valence-corrected chi connectivity index (χ2v) is 10.2. The number of nitrogens with zero attached hydrogens (tertiary/aromatic N) is 1. The number of amides is 1. The minimum atomic E-state index is -3.84. The number of rotatable bonds is 6. The average Bonchev–Trinajstić information content (AvgIpc) is 2.57. The zero-order valence-electron chi connectivity index (χ0n) is 18.0. The highest BCUT2D eigenvalue weighted by atomic mass is 32.2. The van der Waals surface area contributed by atoms with Gasteiger partial charge in [0.1, 0.15) is 0 Å². The number of hydrogen-bond acceptors (Lipinski definition) is 4. The highest BCUT2D eigenvalue weighted by Crippen LogP contribution is 2.24. The number of sulfonamides is 1. The molecule has 0 saturated carbocycles. The van der Waals surface area contributed by atoms with Crippen molar-refractivity contribution in [2.45, 2.75) is 51.5 Å². The van der Waals surface area contributed by atoms with Crippen LogP contribution in [0.15, 0.2) is 41.3 Å². The Morgan fingerprint density at radius 3 is 2.21 bits per heavy atom. The number of carbonyl (C=O) groups is 1. The maximum absolute atomic E-state index is 12.5. The van der Waals surface area contributed by atoms with Crippen molar-refractivity contribution >= 4 is 21.6 Å². The molecule has 0 unspecified atom stereocenters. The van der Waals surface area contributed by atoms with E-state index in [9.17, 15) is 13.2 Å². The Balaban J connectivity index is 2.05. The molecule has 0 aromatic heterocycles. The van der Waals surface area contributed by atoms with E-state index in [2.05, 4.69) is 50.4 Å². The number of nitrogens with two attached hydrogens (primary N) is 1. The van der Waals surface area contributed by atoms with Crippen LogP contribution in [0.1, 0.15) is 43.0 Å². The summed E-state index contributed by atoms with van der Waals surface area (Å²) < 4.78 is 23.3. The fraction of sp³-hybridized carbons (Fsp3) is 0.409. The second kappa shape index (κ2) is 8.65. The van der Waals surface area contributed by atoms with Gasteiger partial charge in [-0.05, 0) is 60.7 Å². The summed E-state index contributed by atoms with van der Waals surface area (Å²) in [7, 11) is -1.97. The summed E-state index contributed by atoms with van der Waals surface area (Å²) in [4.78, 5) is 14.4. The molecule has 2 aromatic carbocycles. The Morgan fingerprint density at radius 2 is 1.69 bits per heavy atom. The van der Waals surface area contributed by atoms with Gasteiger partial charge in [0.15, 0.2) is 0 Å². The van der Waals surface area contributed by atoms with Gasteiger partial charge in [-0.2, -0.15) is 0 Å². The molecular formula is C22H31N3O3S. The van der Waals surface area contributed by atoms with Gasteiger partial charge in [0.25, 0.3) is 0 Å². The first-order valence-corrected chi connectivity index (χ1v) is 11.0. The van der Waals surface area contributed by atoms with Crippen LogP contribution in [-0.4, -0.2) is 32.8 Å². The fourth-order valence-corrected chi connectivity index (χ4v) is 3.66. The average molecular weight is 418 g/mol. The Morgan fingerprint density at radius 1 is 1.10 bits per heavy atom. The van der Waals surface area contributed by atoms with Crippen LogP contribution < -0.4 is 10.5 Å². The van der Waals surface area contributed by atoms with E-state index < -0.39 is 10.0 Å². The van der Waals surface area contributed by atoms with Crippen LogP contribution >= 0.6 is 0 Å². The molecule has 3 N–H and O–H groups in total. The SMILES string of the molecule is Cc1cc(S(N)(=O)=O)cc(NC(=O)CN(C)Cc2ccc(C(C)(C)C)cc2)c1C. The molecule has 7 heteroatoms. The van der Waals surface area contributed by atoms with E-state index in [1.54, 1.807) is 6.92 Å². The summed E-state index contributed by atoms with van der Waals surface area (Å²) in [6.07, 6.45) is 0. The number of aryl methyl sites for hydroxylation is 1. The Kier molecular flexibility index (Phi) is 6.88. The lowest BCUT2D eigenvalue weighted by Gasteiger charge is -2.21. The number of likely N-dealkylation sites (N-methyl/N-ethyl adjacent to an activating group) is 1. The van der Waals surface area contributed by atoms with Crippen molar-refractivity contribution in [1.82, 2.24) is 4.90 Å². The predicted octanol–water partition coefficient (Wildman–Crippen LogP) is 3.32. The molecule has 0 aliphatic rings. The largest absolute Gasteiger partial charge is 0.325 e. The molecule has 0 aliphatic heterocycles. The summed E-state index contributed by atoms with van der Waals surface area (Å²) in [5, 5.41) is 8.04. The van der Waals surface area contributed by atoms with Crippen molar-refractivity contribution in [2.24, 2.45) is 5.14 Å². The van der Waals surface area contributed by atoms with Crippen LogP contribution in [0.4, 0.5) is 5.69 Å². The third-order valence-corrected chi connectivity index (χ3v) is 5.82. The van der Waals surface area contributed by atoms with Crippen molar-refractivity contribution in [3.05, 3.63) is 58.7 Å². The molecule has 0 fully saturated rings. The molecule has 0 radical (unpaired) electrons. The van der Waals surface area contributed by atoms with E-state index in [-0.39, 0.29) is 22.8 Å². The lowest BCUT2D eigenvalue weighted by Crippen LogP contribution is -2.30. The Hall–Kier alpha value is -2.22. The minimum absolute atomic E-state index is 0.0109. The summed E-state index contributed by atoms with van der Waals surface area (Å²) in [6, 6.07) is 11.3. The van der Waals surface area contributed by atoms with Gasteiger partial charge in [0.2, 0.25) is 15.9 Å². The molecule has 0 heterocycles. The maximum atomic E-state index is 12.5. The van der Waals surface area contributed by atoms with Gasteiger partial charge >= 0.3 is 0 Å². The van der Waals surface area contributed by atoms with Crippen LogP contribution in [-0.2, 0) is 26.8 Å². The number of hydrogen-bond donors (Lipinski definition) is 2. The monoisotopic (exact) mass is 417 g/mol. The molecule has 6 nitrogen and oxygen atoms in total.